The molecule has 0 radical (unpaired) electrons. The van der Waals surface area contributed by atoms with Crippen LogP contribution in [0.25, 0.3) is 16.9 Å². The number of hydrogen-bond donors (Lipinski definition) is 2. The molecule has 3 aromatic heterocycles. The van der Waals surface area contributed by atoms with Crippen molar-refractivity contribution in [2.75, 3.05) is 11.1 Å². The monoisotopic (exact) mass is 392 g/mol. The molecule has 0 aliphatic rings. The molecule has 144 valence electrons. The van der Waals surface area contributed by atoms with E-state index in [4.69, 9.17) is 5.73 Å². The highest BCUT2D eigenvalue weighted by atomic mass is 19.1. The predicted octanol–water partition coefficient (Wildman–Crippen LogP) is 3.12. The maximum atomic E-state index is 13.9. The third kappa shape index (κ3) is 3.29. The van der Waals surface area contributed by atoms with Crippen LogP contribution in [0.3, 0.4) is 0 Å². The number of benzene rings is 1. The van der Waals surface area contributed by atoms with Crippen molar-refractivity contribution in [3.05, 3.63) is 65.9 Å². The van der Waals surface area contributed by atoms with Gasteiger partial charge in [-0.2, -0.15) is 5.26 Å². The number of rotatable bonds is 4. The lowest BCUT2D eigenvalue weighted by Gasteiger charge is -2.17. The van der Waals surface area contributed by atoms with Crippen LogP contribution in [0.5, 0.6) is 0 Å². The first-order chi connectivity index (χ1) is 14.0. The van der Waals surface area contributed by atoms with Crippen LogP contribution in [0.4, 0.5) is 20.4 Å². The molecule has 0 fully saturated rings. The minimum atomic E-state index is -0.715. The summed E-state index contributed by atoms with van der Waals surface area (Å²) in [7, 11) is 0. The molecule has 29 heavy (non-hydrogen) atoms. The van der Waals surface area contributed by atoms with Gasteiger partial charge in [0.2, 0.25) is 0 Å². The van der Waals surface area contributed by atoms with Crippen LogP contribution in [0, 0.1) is 23.0 Å². The Morgan fingerprint density at radius 1 is 1.17 bits per heavy atom. The van der Waals surface area contributed by atoms with Gasteiger partial charge in [0.1, 0.15) is 47.1 Å². The minimum absolute atomic E-state index is 0.0413. The van der Waals surface area contributed by atoms with Crippen LogP contribution in [-0.2, 0) is 0 Å². The maximum Gasteiger partial charge on any atom is 0.178 e. The largest absolute Gasteiger partial charge is 0.382 e. The number of hydrogen-bond acceptors (Lipinski definition) is 7. The summed E-state index contributed by atoms with van der Waals surface area (Å²) in [5.74, 6) is -0.742. The predicted molar refractivity (Wildman–Crippen MR) is 102 cm³/mol. The SMILES string of the molecule is C[C@H](Nc1ncnc(N)c1C#N)c1nc2ncccc2n1-c1cc(F)cc(F)c1. The third-order valence-electron chi connectivity index (χ3n) is 4.29. The molecule has 0 spiro atoms. The van der Waals surface area contributed by atoms with E-state index in [9.17, 15) is 14.0 Å². The molecule has 0 aliphatic carbocycles. The summed E-state index contributed by atoms with van der Waals surface area (Å²) in [5.41, 5.74) is 7.06. The highest BCUT2D eigenvalue weighted by Crippen LogP contribution is 2.28. The van der Waals surface area contributed by atoms with Gasteiger partial charge in [-0.25, -0.2) is 28.7 Å². The molecule has 0 bridgehead atoms. The van der Waals surface area contributed by atoms with Crippen LogP contribution < -0.4 is 11.1 Å². The van der Waals surface area contributed by atoms with Gasteiger partial charge < -0.3 is 11.1 Å². The van der Waals surface area contributed by atoms with Gasteiger partial charge in [0.05, 0.1) is 17.2 Å². The molecule has 1 atom stereocenters. The zero-order chi connectivity index (χ0) is 20.5. The molecule has 3 N–H and O–H groups in total. The highest BCUT2D eigenvalue weighted by Gasteiger charge is 2.21. The van der Waals surface area contributed by atoms with E-state index in [-0.39, 0.29) is 22.9 Å². The summed E-state index contributed by atoms with van der Waals surface area (Å²) in [6.45, 7) is 1.77. The van der Waals surface area contributed by atoms with Crippen LogP contribution in [0.2, 0.25) is 0 Å². The van der Waals surface area contributed by atoms with Crippen LogP contribution in [0.15, 0.2) is 42.9 Å². The molecular formula is C19H14F2N8. The number of pyridine rings is 1. The van der Waals surface area contributed by atoms with Crippen molar-refractivity contribution in [1.82, 2.24) is 24.5 Å². The maximum absolute atomic E-state index is 13.9. The van der Waals surface area contributed by atoms with Crippen LogP contribution >= 0.6 is 0 Å². The number of nitrogens with one attached hydrogen (secondary N) is 1. The molecular weight excluding hydrogens is 378 g/mol. The number of halogens is 2. The van der Waals surface area contributed by atoms with E-state index in [1.807, 2.05) is 6.07 Å². The van der Waals surface area contributed by atoms with Gasteiger partial charge in [-0.05, 0) is 31.2 Å². The Hall–Kier alpha value is -4.13. The summed E-state index contributed by atoms with van der Waals surface area (Å²) in [4.78, 5) is 16.6. The Bertz CT molecular complexity index is 1240. The van der Waals surface area contributed by atoms with E-state index in [0.29, 0.717) is 17.0 Å². The average molecular weight is 392 g/mol. The second-order valence-corrected chi connectivity index (χ2v) is 6.24. The number of nitriles is 1. The third-order valence-corrected chi connectivity index (χ3v) is 4.29. The van der Waals surface area contributed by atoms with Crippen molar-refractivity contribution >= 4 is 22.8 Å². The fourth-order valence-corrected chi connectivity index (χ4v) is 3.05. The molecule has 3 heterocycles. The second kappa shape index (κ2) is 7.12. The highest BCUT2D eigenvalue weighted by molar-refractivity contribution is 5.74. The Labute approximate surface area is 163 Å². The number of anilines is 2. The van der Waals surface area contributed by atoms with Gasteiger partial charge in [-0.1, -0.05) is 0 Å². The Morgan fingerprint density at radius 3 is 2.66 bits per heavy atom. The van der Waals surface area contributed by atoms with E-state index >= 15 is 0 Å². The molecule has 0 saturated heterocycles. The number of imidazole rings is 1. The number of nitrogens with two attached hydrogens (primary N) is 1. The van der Waals surface area contributed by atoms with Crippen LogP contribution in [-0.4, -0.2) is 24.5 Å². The van der Waals surface area contributed by atoms with Gasteiger partial charge in [0.15, 0.2) is 5.65 Å². The van der Waals surface area contributed by atoms with Crippen molar-refractivity contribution in [3.8, 4) is 11.8 Å². The zero-order valence-electron chi connectivity index (χ0n) is 15.1. The summed E-state index contributed by atoms with van der Waals surface area (Å²) in [5, 5.41) is 12.4. The Morgan fingerprint density at radius 2 is 1.93 bits per heavy atom. The summed E-state index contributed by atoms with van der Waals surface area (Å²) >= 11 is 0. The first kappa shape index (κ1) is 18.2. The van der Waals surface area contributed by atoms with Crippen molar-refractivity contribution < 1.29 is 8.78 Å². The first-order valence-corrected chi connectivity index (χ1v) is 8.55. The molecule has 0 saturated carbocycles. The number of nitrogens with zero attached hydrogens (tertiary/aromatic N) is 6. The van der Waals surface area contributed by atoms with Gasteiger partial charge in [0, 0.05) is 12.3 Å². The lowest BCUT2D eigenvalue weighted by atomic mass is 10.2. The summed E-state index contributed by atoms with van der Waals surface area (Å²) in [6, 6.07) is 8.10. The lowest BCUT2D eigenvalue weighted by Crippen LogP contribution is -2.15. The van der Waals surface area contributed by atoms with Crippen molar-refractivity contribution in [1.29, 1.82) is 5.26 Å². The zero-order valence-corrected chi connectivity index (χ0v) is 15.1. The van der Waals surface area contributed by atoms with Gasteiger partial charge in [0.25, 0.3) is 0 Å². The second-order valence-electron chi connectivity index (χ2n) is 6.24. The van der Waals surface area contributed by atoms with Crippen molar-refractivity contribution in [2.24, 2.45) is 0 Å². The van der Waals surface area contributed by atoms with E-state index in [1.54, 1.807) is 29.8 Å². The quantitative estimate of drug-likeness (QED) is 0.548. The molecule has 4 rings (SSSR count). The lowest BCUT2D eigenvalue weighted by molar-refractivity contribution is 0.581. The fourth-order valence-electron chi connectivity index (χ4n) is 3.05. The van der Waals surface area contributed by atoms with Gasteiger partial charge >= 0.3 is 0 Å². The number of nitrogen functional groups attached to an aromatic ring is 1. The standard InChI is InChI=1S/C19H14F2N8/c1-10(27-17-14(8-22)16(23)25-9-26-17)19-28-18-15(3-2-4-24-18)29(19)13-6-11(20)5-12(21)7-13/h2-7,9-10H,1H3,(H3,23,25,26,27)/t10-/m0/s1. The van der Waals surface area contributed by atoms with E-state index in [1.165, 1.54) is 18.5 Å². The van der Waals surface area contributed by atoms with E-state index < -0.39 is 17.7 Å². The summed E-state index contributed by atoms with van der Waals surface area (Å²) in [6.07, 6.45) is 2.81. The molecule has 8 nitrogen and oxygen atoms in total. The normalized spacial score (nSPS) is 11.9. The van der Waals surface area contributed by atoms with E-state index in [0.717, 1.165) is 6.07 Å². The smallest absolute Gasteiger partial charge is 0.178 e. The van der Waals surface area contributed by atoms with Gasteiger partial charge in [-0.3, -0.25) is 4.57 Å². The first-order valence-electron chi connectivity index (χ1n) is 8.55. The van der Waals surface area contributed by atoms with E-state index in [2.05, 4.69) is 25.3 Å². The number of fused-ring (bicyclic) bond motifs is 1. The van der Waals surface area contributed by atoms with Crippen molar-refractivity contribution in [3.63, 3.8) is 0 Å². The van der Waals surface area contributed by atoms with Crippen LogP contribution in [0.1, 0.15) is 24.4 Å². The molecule has 4 aromatic rings. The molecule has 0 unspecified atom stereocenters. The van der Waals surface area contributed by atoms with Crippen molar-refractivity contribution in [2.45, 2.75) is 13.0 Å². The molecule has 0 amide bonds. The molecule has 0 aliphatic heterocycles. The molecule has 1 aromatic carbocycles. The minimum Gasteiger partial charge on any atom is -0.382 e. The fraction of sp³-hybridized carbons (Fsp3) is 0.105. The van der Waals surface area contributed by atoms with Gasteiger partial charge in [-0.15, -0.1) is 0 Å². The summed E-state index contributed by atoms with van der Waals surface area (Å²) < 4.78 is 29.3. The number of aromatic nitrogens is 5. The average Bonchev–Trinajstić information content (AvgIpc) is 3.07. The Balaban J connectivity index is 1.86. The molecule has 10 heteroatoms. The topological polar surface area (TPSA) is 118 Å². The Kier molecular flexibility index (Phi) is 4.48.